The Morgan fingerprint density at radius 3 is 2.73 bits per heavy atom. The van der Waals surface area contributed by atoms with Gasteiger partial charge in [0, 0.05) is 45.6 Å². The molecule has 0 bridgehead atoms. The largest absolute Gasteiger partial charge is 0.404 e. The van der Waals surface area contributed by atoms with E-state index in [0.29, 0.717) is 48.9 Å². The van der Waals surface area contributed by atoms with Crippen LogP contribution in [-0.4, -0.2) is 55.8 Å². The summed E-state index contributed by atoms with van der Waals surface area (Å²) in [5, 5.41) is 6.35. The fraction of sp³-hybridized carbons (Fsp3) is 0.286. The molecule has 5 rings (SSSR count). The maximum Gasteiger partial charge on any atom is 0.248 e. The van der Waals surface area contributed by atoms with Crippen LogP contribution in [0.4, 0.5) is 10.1 Å². The van der Waals surface area contributed by atoms with Gasteiger partial charge in [-0.15, -0.1) is 5.10 Å². The number of hydrogen-bond acceptors (Lipinski definition) is 9. The summed E-state index contributed by atoms with van der Waals surface area (Å²) in [7, 11) is 3.73. The Hall–Kier alpha value is -3.45. The van der Waals surface area contributed by atoms with E-state index in [4.69, 9.17) is 14.9 Å². The van der Waals surface area contributed by atoms with E-state index in [0.717, 1.165) is 28.9 Å². The van der Waals surface area contributed by atoms with Gasteiger partial charge in [-0.3, -0.25) is 14.5 Å². The maximum atomic E-state index is 14.3. The third-order valence-corrected chi connectivity index (χ3v) is 7.71. The van der Waals surface area contributed by atoms with Crippen LogP contribution in [0.3, 0.4) is 0 Å². The first-order valence-electron chi connectivity index (χ1n) is 12.5. The number of ketones is 1. The molecule has 1 saturated heterocycles. The molecule has 12 heteroatoms. The Balaban J connectivity index is 0.00000370. The van der Waals surface area contributed by atoms with Crippen molar-refractivity contribution >= 4 is 42.9 Å². The summed E-state index contributed by atoms with van der Waals surface area (Å²) in [5.74, 6) is 0.105. The number of fused-ring (bicyclic) bond motifs is 1. The van der Waals surface area contributed by atoms with Crippen LogP contribution in [0.25, 0.3) is 0 Å². The van der Waals surface area contributed by atoms with Crippen LogP contribution >= 0.6 is 25.7 Å². The zero-order chi connectivity index (χ0) is 27.6. The second kappa shape index (κ2) is 12.4. The van der Waals surface area contributed by atoms with E-state index >= 15 is 0 Å². The fourth-order valence-electron chi connectivity index (χ4n) is 4.96. The molecule has 210 valence electrons. The van der Waals surface area contributed by atoms with E-state index < -0.39 is 5.41 Å². The van der Waals surface area contributed by atoms with Crippen molar-refractivity contribution in [2.24, 2.45) is 23.2 Å². The summed E-state index contributed by atoms with van der Waals surface area (Å²) in [6, 6.07) is 11.5. The van der Waals surface area contributed by atoms with Crippen molar-refractivity contribution in [2.75, 3.05) is 20.1 Å². The van der Waals surface area contributed by atoms with Gasteiger partial charge in [-0.25, -0.2) is 14.4 Å². The molecule has 1 aromatic carbocycles. The number of pyridine rings is 1. The van der Waals surface area contributed by atoms with Crippen LogP contribution in [0.15, 0.2) is 83.3 Å². The quantitative estimate of drug-likeness (QED) is 0.244. The summed E-state index contributed by atoms with van der Waals surface area (Å²) >= 11 is 1.15. The summed E-state index contributed by atoms with van der Waals surface area (Å²) in [4.78, 5) is 23.4. The highest BCUT2D eigenvalue weighted by atomic mass is 32.2. The van der Waals surface area contributed by atoms with E-state index in [1.54, 1.807) is 29.1 Å². The number of aliphatic imine (C=N–C) groups is 1. The average molecular weight is 582 g/mol. The van der Waals surface area contributed by atoms with Gasteiger partial charge in [0.25, 0.3) is 0 Å². The highest BCUT2D eigenvalue weighted by molar-refractivity contribution is 7.92. The monoisotopic (exact) mass is 581 g/mol. The zero-order valence-corrected chi connectivity index (χ0v) is 24.4. The van der Waals surface area contributed by atoms with Crippen LogP contribution in [-0.2, 0) is 7.05 Å². The minimum absolute atomic E-state index is 0. The highest BCUT2D eigenvalue weighted by Crippen LogP contribution is 2.47. The summed E-state index contributed by atoms with van der Waals surface area (Å²) < 4.78 is 22.8. The van der Waals surface area contributed by atoms with Gasteiger partial charge >= 0.3 is 0 Å². The highest BCUT2D eigenvalue weighted by Gasteiger charge is 2.50. The maximum absolute atomic E-state index is 14.3. The summed E-state index contributed by atoms with van der Waals surface area (Å²) in [6.07, 6.45) is 7.94. The van der Waals surface area contributed by atoms with Crippen LogP contribution < -0.4 is 9.92 Å². The molecule has 1 atom stereocenters. The van der Waals surface area contributed by atoms with Crippen molar-refractivity contribution in [1.29, 1.82) is 0 Å². The molecule has 3 heterocycles. The van der Waals surface area contributed by atoms with Gasteiger partial charge in [0.1, 0.15) is 11.5 Å². The van der Waals surface area contributed by atoms with Crippen LogP contribution in [0, 0.1) is 18.2 Å². The average Bonchev–Trinajstić information content (AvgIpc) is 3.36. The normalized spacial score (nSPS) is 21.2. The Labute approximate surface area is 244 Å². The lowest BCUT2D eigenvalue weighted by Gasteiger charge is -2.47. The Bertz CT molecular complexity index is 1470. The third kappa shape index (κ3) is 6.15. The van der Waals surface area contributed by atoms with Crippen LogP contribution in [0.2, 0.25) is 0 Å². The van der Waals surface area contributed by atoms with Crippen molar-refractivity contribution in [3.63, 3.8) is 0 Å². The number of carbonyl (C=O) groups excluding carboxylic acids is 1. The molecule has 2 aromatic heterocycles. The molecular weight excluding hydrogens is 549 g/mol. The molecule has 0 radical (unpaired) electrons. The van der Waals surface area contributed by atoms with E-state index in [2.05, 4.69) is 15.1 Å². The van der Waals surface area contributed by atoms with E-state index in [1.807, 2.05) is 49.8 Å². The Kier molecular flexibility index (Phi) is 9.14. The molecule has 9 nitrogen and oxygen atoms in total. The van der Waals surface area contributed by atoms with Gasteiger partial charge in [-0.05, 0) is 79.6 Å². The smallest absolute Gasteiger partial charge is 0.248 e. The number of aromatic nitrogens is 3. The number of Topliss-reactive ketones (excluding diaryl/α,β-unsaturated/α-hetero) is 1. The fourth-order valence-corrected chi connectivity index (χ4v) is 5.47. The van der Waals surface area contributed by atoms with Crippen molar-refractivity contribution in [1.82, 2.24) is 24.2 Å². The molecule has 0 saturated carbocycles. The first-order chi connectivity index (χ1) is 18.8. The van der Waals surface area contributed by atoms with E-state index in [-0.39, 0.29) is 25.1 Å². The predicted octanol–water partition coefficient (Wildman–Crippen LogP) is 4.68. The molecule has 40 heavy (non-hydrogen) atoms. The van der Waals surface area contributed by atoms with E-state index in [1.165, 1.54) is 18.3 Å². The van der Waals surface area contributed by atoms with Crippen molar-refractivity contribution < 1.29 is 13.4 Å². The molecule has 1 aliphatic heterocycles. The van der Waals surface area contributed by atoms with Crippen molar-refractivity contribution in [3.05, 3.63) is 95.4 Å². The number of carbonyl (C=O) groups is 1. The molecule has 0 amide bonds. The molecule has 1 aliphatic carbocycles. The standard InChI is InChI=1S/C28H30FN7O2S.H2S/c1-19-8-11-31-25(14-19)27(37)28-16-20(17-30)24(32-23-6-4-22(29)5-7-23)15-21(28)9-13-36(18-28)35(3)39-38-26-10-12-34(2)33-26;/h4-8,10-12,14-15,17H,9,13,16,18,30H2,1-3H3;1H2. The van der Waals surface area contributed by atoms with Crippen molar-refractivity contribution in [2.45, 2.75) is 19.8 Å². The van der Waals surface area contributed by atoms with Gasteiger partial charge in [-0.1, -0.05) is 5.57 Å². The lowest BCUT2D eigenvalue weighted by Crippen LogP contribution is -2.54. The van der Waals surface area contributed by atoms with Gasteiger partial charge in [-0.2, -0.15) is 17.9 Å². The van der Waals surface area contributed by atoms with Crippen molar-refractivity contribution in [3.8, 4) is 5.88 Å². The number of halogens is 1. The number of hydrogen-bond donors (Lipinski definition) is 1. The lowest BCUT2D eigenvalue weighted by molar-refractivity contribution is 0.0225. The minimum Gasteiger partial charge on any atom is -0.404 e. The number of nitrogens with two attached hydrogens (primary N) is 1. The number of hydrazine groups is 1. The first kappa shape index (κ1) is 29.5. The zero-order valence-electron chi connectivity index (χ0n) is 22.5. The number of benzene rings is 1. The number of nitrogens with zero attached hydrogens (tertiary/aromatic N) is 6. The van der Waals surface area contributed by atoms with Gasteiger partial charge in [0.15, 0.2) is 18.0 Å². The molecular formula is C28H32FN7O2S2. The van der Waals surface area contributed by atoms with Gasteiger partial charge in [0.05, 0.1) is 16.8 Å². The number of piperidine rings is 1. The minimum atomic E-state index is -0.897. The Morgan fingerprint density at radius 1 is 1.27 bits per heavy atom. The molecule has 3 aromatic rings. The number of aryl methyl sites for hydroxylation is 2. The Morgan fingerprint density at radius 2 is 2.05 bits per heavy atom. The predicted molar refractivity (Wildman–Crippen MR) is 160 cm³/mol. The third-order valence-electron chi connectivity index (χ3n) is 7.02. The summed E-state index contributed by atoms with van der Waals surface area (Å²) in [6.45, 7) is 3.02. The summed E-state index contributed by atoms with van der Waals surface area (Å²) in [5.41, 5.74) is 9.59. The molecule has 0 spiro atoms. The SMILES string of the molecule is Cc1ccnc(C(=O)C23CC(=CN)C(=Nc4ccc(F)cc4)C=C2CCN(N(C)SOc2ccn(C)n2)C3)c1.S. The van der Waals surface area contributed by atoms with Crippen LogP contribution in [0.5, 0.6) is 5.88 Å². The lowest BCUT2D eigenvalue weighted by atomic mass is 9.64. The van der Waals surface area contributed by atoms with E-state index in [9.17, 15) is 9.18 Å². The second-order valence-corrected chi connectivity index (χ2v) is 10.6. The van der Waals surface area contributed by atoms with Gasteiger partial charge < -0.3 is 9.92 Å². The number of allylic oxidation sites excluding steroid dienone is 2. The van der Waals surface area contributed by atoms with Gasteiger partial charge in [0.2, 0.25) is 5.88 Å². The molecule has 1 unspecified atom stereocenters. The molecule has 1 fully saturated rings. The topological polar surface area (TPSA) is 102 Å². The first-order valence-corrected chi connectivity index (χ1v) is 13.2. The second-order valence-electron chi connectivity index (χ2n) is 9.73. The molecule has 2 aliphatic rings. The number of rotatable bonds is 7. The molecule has 2 N–H and O–H groups in total. The van der Waals surface area contributed by atoms with Crippen LogP contribution in [0.1, 0.15) is 28.9 Å².